The first-order chi connectivity index (χ1) is 13.4. The van der Waals surface area contributed by atoms with Gasteiger partial charge in [0, 0.05) is 36.8 Å². The average molecular weight is 382 g/mol. The van der Waals surface area contributed by atoms with Gasteiger partial charge in [0.15, 0.2) is 11.4 Å². The minimum atomic E-state index is 0.0424. The SMILES string of the molecule is CC(=O)c1cnc2c(cnn2C)c1C.NC1CCCC1.NCc1ccccc1. The summed E-state index contributed by atoms with van der Waals surface area (Å²) in [6.07, 6.45) is 8.61. The molecule has 1 aliphatic rings. The molecule has 2 heterocycles. The van der Waals surface area contributed by atoms with Crippen molar-refractivity contribution in [2.45, 2.75) is 52.1 Å². The number of fused-ring (bicyclic) bond motifs is 1. The Morgan fingerprint density at radius 1 is 1.18 bits per heavy atom. The summed E-state index contributed by atoms with van der Waals surface area (Å²) < 4.78 is 1.70. The summed E-state index contributed by atoms with van der Waals surface area (Å²) in [6.45, 7) is 4.11. The van der Waals surface area contributed by atoms with Gasteiger partial charge in [-0.3, -0.25) is 9.48 Å². The molecule has 4 N–H and O–H groups in total. The van der Waals surface area contributed by atoms with Gasteiger partial charge in [-0.1, -0.05) is 43.2 Å². The van der Waals surface area contributed by atoms with Gasteiger partial charge in [0.05, 0.1) is 6.20 Å². The Morgan fingerprint density at radius 3 is 2.29 bits per heavy atom. The van der Waals surface area contributed by atoms with Crippen LogP contribution in [0.3, 0.4) is 0 Å². The quantitative estimate of drug-likeness (QED) is 0.662. The van der Waals surface area contributed by atoms with Crippen molar-refractivity contribution in [2.75, 3.05) is 0 Å². The van der Waals surface area contributed by atoms with Crippen LogP contribution in [0.15, 0.2) is 42.7 Å². The maximum Gasteiger partial charge on any atom is 0.161 e. The van der Waals surface area contributed by atoms with Gasteiger partial charge in [-0.05, 0) is 37.8 Å². The Labute approximate surface area is 166 Å². The van der Waals surface area contributed by atoms with Crippen LogP contribution >= 0.6 is 0 Å². The fourth-order valence-electron chi connectivity index (χ4n) is 3.14. The molecule has 0 unspecified atom stereocenters. The van der Waals surface area contributed by atoms with E-state index in [1.54, 1.807) is 24.0 Å². The first-order valence-corrected chi connectivity index (χ1v) is 9.71. The van der Waals surface area contributed by atoms with Crippen LogP contribution in [0, 0.1) is 6.92 Å². The molecular formula is C22H31N5O. The molecule has 0 atom stereocenters. The minimum Gasteiger partial charge on any atom is -0.328 e. The number of nitrogens with zero attached hydrogens (tertiary/aromatic N) is 3. The fraction of sp³-hybridized carbons (Fsp3) is 0.409. The second-order valence-electron chi connectivity index (χ2n) is 7.09. The summed E-state index contributed by atoms with van der Waals surface area (Å²) in [4.78, 5) is 15.5. The van der Waals surface area contributed by atoms with Crippen LogP contribution in [0.25, 0.3) is 11.0 Å². The number of hydrogen-bond donors (Lipinski definition) is 2. The second-order valence-corrected chi connectivity index (χ2v) is 7.09. The summed E-state index contributed by atoms with van der Waals surface area (Å²) in [5.74, 6) is 0.0424. The van der Waals surface area contributed by atoms with Crippen molar-refractivity contribution in [3.8, 4) is 0 Å². The van der Waals surface area contributed by atoms with Crippen LogP contribution in [0.4, 0.5) is 0 Å². The lowest BCUT2D eigenvalue weighted by molar-refractivity contribution is 0.101. The molecule has 4 rings (SSSR count). The Kier molecular flexibility index (Phi) is 8.29. The Hall–Kier alpha value is -2.57. The lowest BCUT2D eigenvalue weighted by Gasteiger charge is -2.02. The number of rotatable bonds is 2. The number of carbonyl (C=O) groups excluding carboxylic acids is 1. The van der Waals surface area contributed by atoms with Gasteiger partial charge in [0.1, 0.15) is 0 Å². The van der Waals surface area contributed by atoms with Crippen molar-refractivity contribution in [1.29, 1.82) is 0 Å². The van der Waals surface area contributed by atoms with Crippen LogP contribution in [0.2, 0.25) is 0 Å². The smallest absolute Gasteiger partial charge is 0.161 e. The molecule has 150 valence electrons. The number of nitrogens with two attached hydrogens (primary N) is 2. The number of hydrogen-bond acceptors (Lipinski definition) is 5. The first-order valence-electron chi connectivity index (χ1n) is 9.71. The topological polar surface area (TPSA) is 99.8 Å². The molecule has 2 aromatic heterocycles. The van der Waals surface area contributed by atoms with Crippen molar-refractivity contribution >= 4 is 16.8 Å². The standard InChI is InChI=1S/C10H11N3O.C7H9N.C5H11N/c1-6-8(7(2)14)4-11-10-9(6)5-12-13(10)3;8-6-7-4-2-1-3-5-7;6-5-3-1-2-4-5/h4-5H,1-3H3;1-5H,6,8H2;5H,1-4,6H2. The molecule has 6 nitrogen and oxygen atoms in total. The van der Waals surface area contributed by atoms with Crippen LogP contribution in [-0.4, -0.2) is 26.6 Å². The highest BCUT2D eigenvalue weighted by molar-refractivity contribution is 5.99. The van der Waals surface area contributed by atoms with Crippen molar-refractivity contribution in [3.05, 3.63) is 59.4 Å². The summed E-state index contributed by atoms with van der Waals surface area (Å²) in [5.41, 5.74) is 14.5. The number of pyridine rings is 1. The predicted octanol–water partition coefficient (Wildman–Crippen LogP) is 3.51. The van der Waals surface area contributed by atoms with E-state index >= 15 is 0 Å². The van der Waals surface area contributed by atoms with Crippen molar-refractivity contribution < 1.29 is 4.79 Å². The van der Waals surface area contributed by atoms with E-state index < -0.39 is 0 Å². The molecule has 0 radical (unpaired) electrons. The zero-order chi connectivity index (χ0) is 20.5. The number of ketones is 1. The van der Waals surface area contributed by atoms with Crippen LogP contribution < -0.4 is 11.5 Å². The summed E-state index contributed by atoms with van der Waals surface area (Å²) >= 11 is 0. The van der Waals surface area contributed by atoms with Gasteiger partial charge in [0.25, 0.3) is 0 Å². The number of carbonyl (C=O) groups is 1. The van der Waals surface area contributed by atoms with Crippen molar-refractivity contribution in [2.24, 2.45) is 18.5 Å². The highest BCUT2D eigenvalue weighted by Gasteiger charge is 2.10. The van der Waals surface area contributed by atoms with E-state index in [1.165, 1.54) is 31.2 Å². The largest absolute Gasteiger partial charge is 0.328 e. The Bertz CT molecular complexity index is 883. The van der Waals surface area contributed by atoms with Gasteiger partial charge < -0.3 is 11.5 Å². The normalized spacial score (nSPS) is 13.5. The fourth-order valence-corrected chi connectivity index (χ4v) is 3.14. The molecule has 0 amide bonds. The molecule has 1 aliphatic carbocycles. The maximum absolute atomic E-state index is 11.2. The Morgan fingerprint density at radius 2 is 1.82 bits per heavy atom. The second kappa shape index (κ2) is 10.7. The van der Waals surface area contributed by atoms with Crippen LogP contribution in [0.1, 0.15) is 54.1 Å². The van der Waals surface area contributed by atoms with E-state index in [9.17, 15) is 4.79 Å². The minimum absolute atomic E-state index is 0.0424. The highest BCUT2D eigenvalue weighted by Crippen LogP contribution is 2.18. The monoisotopic (exact) mass is 381 g/mol. The molecule has 1 fully saturated rings. The average Bonchev–Trinajstić information content (AvgIpc) is 3.33. The van der Waals surface area contributed by atoms with E-state index in [2.05, 4.69) is 10.1 Å². The van der Waals surface area contributed by atoms with Gasteiger partial charge in [0.2, 0.25) is 0 Å². The Balaban J connectivity index is 0.000000169. The maximum atomic E-state index is 11.2. The molecule has 1 aromatic carbocycles. The molecule has 6 heteroatoms. The zero-order valence-electron chi connectivity index (χ0n) is 17.1. The number of benzene rings is 1. The van der Waals surface area contributed by atoms with Gasteiger partial charge >= 0.3 is 0 Å². The third-order valence-corrected chi connectivity index (χ3v) is 4.89. The van der Waals surface area contributed by atoms with Crippen molar-refractivity contribution in [3.63, 3.8) is 0 Å². The van der Waals surface area contributed by atoms with E-state index in [1.807, 2.05) is 44.3 Å². The summed E-state index contributed by atoms with van der Waals surface area (Å²) in [6, 6.07) is 10.5. The van der Waals surface area contributed by atoms with Crippen LogP contribution in [0.5, 0.6) is 0 Å². The van der Waals surface area contributed by atoms with E-state index in [0.29, 0.717) is 18.2 Å². The molecule has 28 heavy (non-hydrogen) atoms. The van der Waals surface area contributed by atoms with E-state index in [0.717, 1.165) is 16.6 Å². The summed E-state index contributed by atoms with van der Waals surface area (Å²) in [5, 5.41) is 5.04. The third-order valence-electron chi connectivity index (χ3n) is 4.89. The molecular weight excluding hydrogens is 350 g/mol. The molecule has 1 saturated carbocycles. The van der Waals surface area contributed by atoms with Crippen LogP contribution in [-0.2, 0) is 13.6 Å². The molecule has 3 aromatic rings. The van der Waals surface area contributed by atoms with E-state index in [-0.39, 0.29) is 5.78 Å². The van der Waals surface area contributed by atoms with Crippen molar-refractivity contribution in [1.82, 2.24) is 14.8 Å². The summed E-state index contributed by atoms with van der Waals surface area (Å²) in [7, 11) is 1.84. The van der Waals surface area contributed by atoms with Gasteiger partial charge in [-0.2, -0.15) is 5.10 Å². The number of aromatic nitrogens is 3. The first kappa shape index (κ1) is 21.7. The van der Waals surface area contributed by atoms with Gasteiger partial charge in [-0.25, -0.2) is 4.98 Å². The lowest BCUT2D eigenvalue weighted by atomic mass is 10.1. The third kappa shape index (κ3) is 5.97. The number of aryl methyl sites for hydroxylation is 2. The molecule has 0 bridgehead atoms. The lowest BCUT2D eigenvalue weighted by Crippen LogP contribution is -2.13. The number of Topliss-reactive ketones (excluding diaryl/α,β-unsaturated/α-hetero) is 1. The van der Waals surface area contributed by atoms with Gasteiger partial charge in [-0.15, -0.1) is 0 Å². The highest BCUT2D eigenvalue weighted by atomic mass is 16.1. The molecule has 0 aliphatic heterocycles. The zero-order valence-corrected chi connectivity index (χ0v) is 17.1. The molecule has 0 spiro atoms. The predicted molar refractivity (Wildman–Crippen MR) is 114 cm³/mol. The van der Waals surface area contributed by atoms with E-state index in [4.69, 9.17) is 11.5 Å². The molecule has 0 saturated heterocycles.